The van der Waals surface area contributed by atoms with Gasteiger partial charge in [0.05, 0.1) is 12.7 Å². The zero-order valence-electron chi connectivity index (χ0n) is 22.1. The second-order valence-corrected chi connectivity index (χ2v) is 10.7. The predicted molar refractivity (Wildman–Crippen MR) is 139 cm³/mol. The highest BCUT2D eigenvalue weighted by molar-refractivity contribution is 5.94. The number of benzene rings is 2. The Balaban J connectivity index is 1.62. The van der Waals surface area contributed by atoms with Gasteiger partial charge < -0.3 is 13.9 Å². The van der Waals surface area contributed by atoms with Crippen molar-refractivity contribution in [2.45, 2.75) is 72.6 Å². The monoisotopic (exact) mass is 478 g/mol. The number of Topliss-reactive ketones (excluding diaryl/α,β-unsaturated/α-hetero) is 1. The third-order valence-electron chi connectivity index (χ3n) is 6.47. The van der Waals surface area contributed by atoms with Crippen LogP contribution in [-0.4, -0.2) is 25.5 Å². The fourth-order valence-corrected chi connectivity index (χ4v) is 4.03. The number of furan rings is 1. The lowest BCUT2D eigenvalue weighted by Gasteiger charge is -2.20. The number of hydrogen-bond donors (Lipinski definition) is 0. The van der Waals surface area contributed by atoms with Crippen LogP contribution >= 0.6 is 0 Å². The first-order valence-corrected chi connectivity index (χ1v) is 12.4. The Morgan fingerprint density at radius 1 is 1.00 bits per heavy atom. The lowest BCUT2D eigenvalue weighted by Crippen LogP contribution is -2.26. The summed E-state index contributed by atoms with van der Waals surface area (Å²) in [5.74, 6) is 2.14. The summed E-state index contributed by atoms with van der Waals surface area (Å²) in [6, 6.07) is 13.7. The minimum Gasteiger partial charge on any atom is -0.486 e. The number of esters is 1. The van der Waals surface area contributed by atoms with Gasteiger partial charge in [-0.2, -0.15) is 0 Å². The summed E-state index contributed by atoms with van der Waals surface area (Å²) in [5.41, 5.74) is 3.31. The Bertz CT molecular complexity index is 1180. The SMILES string of the molecule is COC(=O)c1ccc2oc(CCCC(C)c3ccc(OCC(=O)C(C)(C)C)c(C(C)C)c3)cc2c1. The zero-order chi connectivity index (χ0) is 25.8. The van der Waals surface area contributed by atoms with E-state index in [0.717, 1.165) is 47.3 Å². The van der Waals surface area contributed by atoms with Gasteiger partial charge in [0, 0.05) is 17.2 Å². The molecule has 0 aliphatic rings. The van der Waals surface area contributed by atoms with Gasteiger partial charge in [0.2, 0.25) is 0 Å². The van der Waals surface area contributed by atoms with Gasteiger partial charge in [0.15, 0.2) is 5.78 Å². The Hall–Kier alpha value is -3.08. The van der Waals surface area contributed by atoms with Gasteiger partial charge in [-0.3, -0.25) is 4.79 Å². The van der Waals surface area contributed by atoms with Crippen LogP contribution in [0.25, 0.3) is 11.0 Å². The first-order valence-electron chi connectivity index (χ1n) is 12.4. The molecule has 1 unspecified atom stereocenters. The average molecular weight is 479 g/mol. The molecule has 1 atom stereocenters. The maximum absolute atomic E-state index is 12.3. The number of rotatable bonds is 10. The van der Waals surface area contributed by atoms with Gasteiger partial charge in [-0.05, 0) is 66.1 Å². The van der Waals surface area contributed by atoms with Crippen molar-refractivity contribution < 1.29 is 23.5 Å². The lowest BCUT2D eigenvalue weighted by molar-refractivity contribution is -0.128. The summed E-state index contributed by atoms with van der Waals surface area (Å²) in [7, 11) is 1.38. The fraction of sp³-hybridized carbons (Fsp3) is 0.467. The van der Waals surface area contributed by atoms with Crippen molar-refractivity contribution in [1.82, 2.24) is 0 Å². The van der Waals surface area contributed by atoms with E-state index in [1.165, 1.54) is 12.7 Å². The molecule has 0 spiro atoms. The summed E-state index contributed by atoms with van der Waals surface area (Å²) in [5, 5.41) is 0.915. The molecule has 0 aliphatic carbocycles. The molecule has 5 nitrogen and oxygen atoms in total. The normalized spacial score (nSPS) is 12.7. The van der Waals surface area contributed by atoms with E-state index in [4.69, 9.17) is 13.9 Å². The highest BCUT2D eigenvalue weighted by atomic mass is 16.5. The molecular weight excluding hydrogens is 440 g/mol. The van der Waals surface area contributed by atoms with Gasteiger partial charge in [-0.25, -0.2) is 4.79 Å². The number of carbonyl (C=O) groups is 2. The number of hydrogen-bond acceptors (Lipinski definition) is 5. The minimum absolute atomic E-state index is 0.0940. The van der Waals surface area contributed by atoms with Crippen LogP contribution in [-0.2, 0) is 16.0 Å². The van der Waals surface area contributed by atoms with Crippen molar-refractivity contribution in [3.05, 3.63) is 64.9 Å². The van der Waals surface area contributed by atoms with Crippen molar-refractivity contribution >= 4 is 22.7 Å². The van der Waals surface area contributed by atoms with E-state index in [2.05, 4.69) is 32.9 Å². The second-order valence-electron chi connectivity index (χ2n) is 10.7. The third-order valence-corrected chi connectivity index (χ3v) is 6.47. The molecule has 3 aromatic rings. The van der Waals surface area contributed by atoms with Gasteiger partial charge >= 0.3 is 5.97 Å². The van der Waals surface area contributed by atoms with Gasteiger partial charge in [-0.1, -0.05) is 53.7 Å². The Kier molecular flexibility index (Phi) is 8.42. The van der Waals surface area contributed by atoms with Crippen LogP contribution in [0.3, 0.4) is 0 Å². The Morgan fingerprint density at radius 2 is 1.74 bits per heavy atom. The van der Waals surface area contributed by atoms with Crippen molar-refractivity contribution in [2.75, 3.05) is 13.7 Å². The van der Waals surface area contributed by atoms with E-state index in [9.17, 15) is 9.59 Å². The van der Waals surface area contributed by atoms with E-state index in [1.54, 1.807) is 6.07 Å². The number of carbonyl (C=O) groups excluding carboxylic acids is 2. The molecule has 1 aromatic heterocycles. The molecule has 1 heterocycles. The lowest BCUT2D eigenvalue weighted by atomic mass is 9.90. The summed E-state index contributed by atoms with van der Waals surface area (Å²) < 4.78 is 16.7. The largest absolute Gasteiger partial charge is 0.486 e. The van der Waals surface area contributed by atoms with Gasteiger partial charge in [0.1, 0.15) is 23.7 Å². The van der Waals surface area contributed by atoms with E-state index in [0.29, 0.717) is 17.4 Å². The molecule has 5 heteroatoms. The van der Waals surface area contributed by atoms with Crippen molar-refractivity contribution in [1.29, 1.82) is 0 Å². The number of fused-ring (bicyclic) bond motifs is 1. The second kappa shape index (κ2) is 11.1. The number of ketones is 1. The first-order chi connectivity index (χ1) is 16.5. The number of methoxy groups -OCH3 is 1. The van der Waals surface area contributed by atoms with Crippen LogP contribution in [0.5, 0.6) is 5.75 Å². The standard InChI is InChI=1S/C30H38O5/c1-19(2)25-17-21(11-14-27(25)34-18-28(31)30(4,5)6)20(3)9-8-10-24-16-23-15-22(29(32)33-7)12-13-26(23)35-24/h11-17,19-20H,8-10,18H2,1-7H3. The highest BCUT2D eigenvalue weighted by Crippen LogP contribution is 2.32. The average Bonchev–Trinajstić information content (AvgIpc) is 3.22. The number of aryl methyl sites for hydroxylation is 1. The third kappa shape index (κ3) is 6.74. The molecule has 0 N–H and O–H groups in total. The van der Waals surface area contributed by atoms with Gasteiger partial charge in [0.25, 0.3) is 0 Å². The molecule has 0 aliphatic heterocycles. The molecule has 0 saturated carbocycles. The fourth-order valence-electron chi connectivity index (χ4n) is 4.03. The van der Waals surface area contributed by atoms with E-state index < -0.39 is 5.41 Å². The maximum Gasteiger partial charge on any atom is 0.337 e. The van der Waals surface area contributed by atoms with Crippen LogP contribution in [0.2, 0.25) is 0 Å². The minimum atomic E-state index is -0.407. The summed E-state index contributed by atoms with van der Waals surface area (Å²) in [6.07, 6.45) is 2.84. The molecule has 0 radical (unpaired) electrons. The maximum atomic E-state index is 12.3. The summed E-state index contributed by atoms with van der Waals surface area (Å²) >= 11 is 0. The molecular formula is C30H38O5. The Labute approximate surface area is 208 Å². The predicted octanol–water partition coefficient (Wildman–Crippen LogP) is 7.46. The van der Waals surface area contributed by atoms with Gasteiger partial charge in [-0.15, -0.1) is 0 Å². The summed E-state index contributed by atoms with van der Waals surface area (Å²) in [6.45, 7) is 12.4. The highest BCUT2D eigenvalue weighted by Gasteiger charge is 2.22. The van der Waals surface area contributed by atoms with Crippen LogP contribution in [0, 0.1) is 5.41 Å². The van der Waals surface area contributed by atoms with Crippen LogP contribution in [0.1, 0.15) is 93.5 Å². The Morgan fingerprint density at radius 3 is 2.40 bits per heavy atom. The molecule has 0 bridgehead atoms. The van der Waals surface area contributed by atoms with Crippen molar-refractivity contribution in [2.24, 2.45) is 5.41 Å². The van der Waals surface area contributed by atoms with Crippen molar-refractivity contribution in [3.63, 3.8) is 0 Å². The molecule has 35 heavy (non-hydrogen) atoms. The van der Waals surface area contributed by atoms with Crippen LogP contribution < -0.4 is 4.74 Å². The first kappa shape index (κ1) is 26.5. The molecule has 0 amide bonds. The number of ether oxygens (including phenoxy) is 2. The molecule has 0 fully saturated rings. The molecule has 2 aromatic carbocycles. The smallest absolute Gasteiger partial charge is 0.337 e. The molecule has 188 valence electrons. The molecule has 3 rings (SSSR count). The van der Waals surface area contributed by atoms with Crippen LogP contribution in [0.15, 0.2) is 46.9 Å². The topological polar surface area (TPSA) is 65.7 Å². The van der Waals surface area contributed by atoms with Crippen LogP contribution in [0.4, 0.5) is 0 Å². The van der Waals surface area contributed by atoms with Crippen molar-refractivity contribution in [3.8, 4) is 5.75 Å². The van der Waals surface area contributed by atoms with E-state index in [-0.39, 0.29) is 18.4 Å². The zero-order valence-corrected chi connectivity index (χ0v) is 22.1. The summed E-state index contributed by atoms with van der Waals surface area (Å²) in [4.78, 5) is 24.1. The quantitative estimate of drug-likeness (QED) is 0.283. The van der Waals surface area contributed by atoms with E-state index >= 15 is 0 Å². The van der Waals surface area contributed by atoms with E-state index in [1.807, 2.05) is 45.0 Å². The molecule has 0 saturated heterocycles.